The van der Waals surface area contributed by atoms with Crippen molar-refractivity contribution in [2.24, 2.45) is 4.99 Å². The first-order valence-electron chi connectivity index (χ1n) is 5.12. The quantitative estimate of drug-likeness (QED) is 0.825. The van der Waals surface area contributed by atoms with Gasteiger partial charge >= 0.3 is 0 Å². The number of aryl methyl sites for hydroxylation is 1. The van der Waals surface area contributed by atoms with Gasteiger partial charge in [0.1, 0.15) is 0 Å². The number of nitrogens with one attached hydrogen (secondary N) is 1. The van der Waals surface area contributed by atoms with Gasteiger partial charge in [0, 0.05) is 30.6 Å². The molecule has 76 valence electrons. The Morgan fingerprint density at radius 1 is 1.36 bits per heavy atom. The number of hydrogen-bond acceptors (Lipinski definition) is 4. The maximum absolute atomic E-state index is 4.51. The van der Waals surface area contributed by atoms with E-state index in [-0.39, 0.29) is 0 Å². The Morgan fingerprint density at radius 3 is 3.21 bits per heavy atom. The zero-order valence-electron chi connectivity index (χ0n) is 8.20. The summed E-state index contributed by atoms with van der Waals surface area (Å²) in [6, 6.07) is 2.09. The van der Waals surface area contributed by atoms with Gasteiger partial charge in [0.25, 0.3) is 0 Å². The van der Waals surface area contributed by atoms with Crippen LogP contribution in [0.5, 0.6) is 0 Å². The molecule has 3 nitrogen and oxygen atoms in total. The van der Waals surface area contributed by atoms with Gasteiger partial charge in [-0.15, -0.1) is 0 Å². The van der Waals surface area contributed by atoms with Crippen LogP contribution in [-0.4, -0.2) is 23.3 Å². The molecule has 1 aliphatic rings. The minimum absolute atomic E-state index is 0.991. The molecule has 14 heavy (non-hydrogen) atoms. The Hall–Kier alpha value is -0.900. The number of nitrogens with zero attached hydrogens (tertiary/aromatic N) is 2. The van der Waals surface area contributed by atoms with E-state index in [1.807, 2.05) is 6.20 Å². The molecule has 1 aliphatic heterocycles. The Labute approximate surface area is 88.4 Å². The van der Waals surface area contributed by atoms with E-state index < -0.39 is 0 Å². The third-order valence-electron chi connectivity index (χ3n) is 2.32. The molecule has 0 unspecified atom stereocenters. The molecule has 0 atom stereocenters. The van der Waals surface area contributed by atoms with Crippen molar-refractivity contribution in [2.45, 2.75) is 25.7 Å². The fourth-order valence-electron chi connectivity index (χ4n) is 1.52. The smallest absolute Gasteiger partial charge is 0.0966 e. The van der Waals surface area contributed by atoms with Crippen molar-refractivity contribution >= 4 is 17.4 Å². The SMILES string of the molecule is c1cc(CCC2=NCCCCN2)sn1. The highest BCUT2D eigenvalue weighted by Gasteiger charge is 2.03. The minimum Gasteiger partial charge on any atom is -0.374 e. The van der Waals surface area contributed by atoms with Gasteiger partial charge < -0.3 is 5.32 Å². The van der Waals surface area contributed by atoms with Crippen LogP contribution in [0.2, 0.25) is 0 Å². The van der Waals surface area contributed by atoms with E-state index in [0.29, 0.717) is 0 Å². The second-order valence-electron chi connectivity index (χ2n) is 3.44. The summed E-state index contributed by atoms with van der Waals surface area (Å²) >= 11 is 1.58. The van der Waals surface area contributed by atoms with E-state index in [1.165, 1.54) is 23.6 Å². The van der Waals surface area contributed by atoms with Crippen molar-refractivity contribution in [2.75, 3.05) is 13.1 Å². The highest BCUT2D eigenvalue weighted by atomic mass is 32.1. The van der Waals surface area contributed by atoms with E-state index in [2.05, 4.69) is 20.7 Å². The normalized spacial score (nSPS) is 17.0. The lowest BCUT2D eigenvalue weighted by Crippen LogP contribution is -2.23. The van der Waals surface area contributed by atoms with E-state index in [1.54, 1.807) is 11.5 Å². The first kappa shape index (κ1) is 9.65. The van der Waals surface area contributed by atoms with Crippen molar-refractivity contribution in [3.05, 3.63) is 17.1 Å². The molecule has 0 amide bonds. The molecule has 0 fully saturated rings. The Balaban J connectivity index is 1.82. The Morgan fingerprint density at radius 2 is 2.36 bits per heavy atom. The molecule has 1 aromatic rings. The van der Waals surface area contributed by atoms with Gasteiger partial charge in [0.05, 0.1) is 5.84 Å². The molecule has 4 heteroatoms. The van der Waals surface area contributed by atoms with Crippen molar-refractivity contribution < 1.29 is 0 Å². The van der Waals surface area contributed by atoms with Crippen LogP contribution in [0.1, 0.15) is 24.1 Å². The summed E-state index contributed by atoms with van der Waals surface area (Å²) in [5, 5.41) is 3.38. The summed E-state index contributed by atoms with van der Waals surface area (Å²) in [5.41, 5.74) is 0. The van der Waals surface area contributed by atoms with Crippen molar-refractivity contribution in [1.82, 2.24) is 9.69 Å². The number of rotatable bonds is 3. The second-order valence-corrected chi connectivity index (χ2v) is 4.36. The van der Waals surface area contributed by atoms with Crippen molar-refractivity contribution in [3.63, 3.8) is 0 Å². The van der Waals surface area contributed by atoms with Crippen molar-refractivity contribution in [3.8, 4) is 0 Å². The van der Waals surface area contributed by atoms with Crippen LogP contribution in [0.3, 0.4) is 0 Å². The van der Waals surface area contributed by atoms with Crippen LogP contribution in [0.25, 0.3) is 0 Å². The number of aromatic nitrogens is 1. The Bertz CT molecular complexity index is 292. The van der Waals surface area contributed by atoms with Crippen LogP contribution in [0, 0.1) is 0 Å². The molecular formula is C10H15N3S. The zero-order valence-corrected chi connectivity index (χ0v) is 9.02. The van der Waals surface area contributed by atoms with Gasteiger partial charge in [-0.2, -0.15) is 0 Å². The molecule has 0 saturated heterocycles. The van der Waals surface area contributed by atoms with Crippen LogP contribution in [0.4, 0.5) is 0 Å². The highest BCUT2D eigenvalue weighted by Crippen LogP contribution is 2.08. The summed E-state index contributed by atoms with van der Waals surface area (Å²) in [6.45, 7) is 2.08. The van der Waals surface area contributed by atoms with E-state index in [4.69, 9.17) is 0 Å². The second kappa shape index (κ2) is 5.10. The predicted octanol–water partition coefficient (Wildman–Crippen LogP) is 1.86. The third kappa shape index (κ3) is 2.80. The maximum Gasteiger partial charge on any atom is 0.0966 e. The molecule has 0 aromatic carbocycles. The summed E-state index contributed by atoms with van der Waals surface area (Å²) in [6.07, 6.45) is 6.42. The van der Waals surface area contributed by atoms with E-state index >= 15 is 0 Å². The van der Waals surface area contributed by atoms with Crippen LogP contribution < -0.4 is 5.32 Å². The topological polar surface area (TPSA) is 37.3 Å². The van der Waals surface area contributed by atoms with Gasteiger partial charge in [0.15, 0.2) is 0 Å². The first-order chi connectivity index (χ1) is 6.95. The third-order valence-corrected chi connectivity index (χ3v) is 3.12. The van der Waals surface area contributed by atoms with Gasteiger partial charge in [-0.3, -0.25) is 4.99 Å². The van der Waals surface area contributed by atoms with Gasteiger partial charge in [-0.25, -0.2) is 4.37 Å². The fraction of sp³-hybridized carbons (Fsp3) is 0.600. The largest absolute Gasteiger partial charge is 0.374 e. The standard InChI is InChI=1S/C10H15N3S/c1-2-7-12-10(11-6-1)4-3-9-5-8-13-14-9/h5,8H,1-4,6-7H2,(H,11,12). The molecule has 0 spiro atoms. The average Bonchev–Trinajstić information content (AvgIpc) is 2.58. The minimum atomic E-state index is 0.991. The number of hydrogen-bond donors (Lipinski definition) is 1. The Kier molecular flexibility index (Phi) is 3.51. The van der Waals surface area contributed by atoms with Crippen LogP contribution in [-0.2, 0) is 6.42 Å². The molecule has 0 aliphatic carbocycles. The summed E-state index contributed by atoms with van der Waals surface area (Å²) in [7, 11) is 0. The van der Waals surface area contributed by atoms with Gasteiger partial charge in [-0.1, -0.05) is 0 Å². The average molecular weight is 209 g/mol. The molecule has 1 N–H and O–H groups in total. The zero-order chi connectivity index (χ0) is 9.64. The number of aliphatic imine (C=N–C) groups is 1. The molecule has 2 rings (SSSR count). The molecule has 0 radical (unpaired) electrons. The van der Waals surface area contributed by atoms with E-state index in [9.17, 15) is 0 Å². The monoisotopic (exact) mass is 209 g/mol. The maximum atomic E-state index is 4.51. The summed E-state index contributed by atoms with van der Waals surface area (Å²) < 4.78 is 4.09. The molecule has 1 aromatic heterocycles. The lowest BCUT2D eigenvalue weighted by atomic mass is 10.2. The first-order valence-corrected chi connectivity index (χ1v) is 5.89. The summed E-state index contributed by atoms with van der Waals surface area (Å²) in [5.74, 6) is 1.18. The highest BCUT2D eigenvalue weighted by molar-refractivity contribution is 7.05. The van der Waals surface area contributed by atoms with Gasteiger partial charge in [0.2, 0.25) is 0 Å². The van der Waals surface area contributed by atoms with Crippen molar-refractivity contribution in [1.29, 1.82) is 0 Å². The molecular weight excluding hydrogens is 194 g/mol. The molecule has 2 heterocycles. The van der Waals surface area contributed by atoms with Gasteiger partial charge in [-0.05, 0) is 36.9 Å². The van der Waals surface area contributed by atoms with Crippen LogP contribution >= 0.6 is 11.5 Å². The number of amidine groups is 1. The fourth-order valence-corrected chi connectivity index (χ4v) is 2.09. The predicted molar refractivity (Wildman–Crippen MR) is 60.0 cm³/mol. The summed E-state index contributed by atoms with van der Waals surface area (Å²) in [4.78, 5) is 5.86. The van der Waals surface area contributed by atoms with Crippen LogP contribution in [0.15, 0.2) is 17.3 Å². The lowest BCUT2D eigenvalue weighted by molar-refractivity contribution is 0.747. The molecule has 0 bridgehead atoms. The lowest BCUT2D eigenvalue weighted by Gasteiger charge is -2.05. The van der Waals surface area contributed by atoms with E-state index in [0.717, 1.165) is 25.9 Å². The molecule has 0 saturated carbocycles.